The van der Waals surface area contributed by atoms with Crippen molar-refractivity contribution in [2.75, 3.05) is 7.11 Å². The van der Waals surface area contributed by atoms with Gasteiger partial charge in [-0.1, -0.05) is 12.1 Å². The molecule has 0 saturated carbocycles. The summed E-state index contributed by atoms with van der Waals surface area (Å²) in [6.07, 6.45) is -0.406. The largest absolute Gasteiger partial charge is 0.465 e. The van der Waals surface area contributed by atoms with Gasteiger partial charge in [0.1, 0.15) is 0 Å². The molecule has 4 nitrogen and oxygen atoms in total. The minimum atomic E-state index is -0.406. The van der Waals surface area contributed by atoms with Crippen LogP contribution in [0.25, 0.3) is 0 Å². The number of carbonyl (C=O) groups is 1. The summed E-state index contributed by atoms with van der Waals surface area (Å²) in [5.41, 5.74) is 0.686. The van der Waals surface area contributed by atoms with Crippen LogP contribution in [0.4, 0.5) is 0 Å². The molecule has 0 atom stereocenters. The molecule has 0 radical (unpaired) electrons. The lowest BCUT2D eigenvalue weighted by Crippen LogP contribution is -2.41. The van der Waals surface area contributed by atoms with Gasteiger partial charge in [0.25, 0.3) is 0 Å². The van der Waals surface area contributed by atoms with E-state index in [9.17, 15) is 4.79 Å². The molecule has 0 aliphatic carbocycles. The SMILES string of the molecule is COC(=O)c1ccc(C2OC(C)(C)C(C)(C)O2)cc1. The van der Waals surface area contributed by atoms with Crippen molar-refractivity contribution >= 4 is 5.97 Å². The van der Waals surface area contributed by atoms with Gasteiger partial charge in [0.05, 0.1) is 23.9 Å². The van der Waals surface area contributed by atoms with Crippen molar-refractivity contribution in [2.24, 2.45) is 0 Å². The molecule has 0 bridgehead atoms. The second-order valence-corrected chi connectivity index (χ2v) is 5.70. The van der Waals surface area contributed by atoms with Crippen molar-refractivity contribution in [1.29, 1.82) is 0 Å². The summed E-state index contributed by atoms with van der Waals surface area (Å²) in [4.78, 5) is 11.4. The molecule has 104 valence electrons. The van der Waals surface area contributed by atoms with Gasteiger partial charge in [0.15, 0.2) is 6.29 Å². The summed E-state index contributed by atoms with van der Waals surface area (Å²) in [6, 6.07) is 7.08. The van der Waals surface area contributed by atoms with Crippen LogP contribution in [-0.4, -0.2) is 24.3 Å². The lowest BCUT2D eigenvalue weighted by molar-refractivity contribution is -0.0895. The second-order valence-electron chi connectivity index (χ2n) is 5.70. The average molecular weight is 264 g/mol. The molecule has 1 aromatic rings. The van der Waals surface area contributed by atoms with E-state index in [1.807, 2.05) is 39.8 Å². The van der Waals surface area contributed by atoms with Crippen LogP contribution in [0.15, 0.2) is 24.3 Å². The summed E-state index contributed by atoms with van der Waals surface area (Å²) in [6.45, 7) is 8.04. The van der Waals surface area contributed by atoms with Crippen molar-refractivity contribution in [3.05, 3.63) is 35.4 Å². The molecular weight excluding hydrogens is 244 g/mol. The number of ether oxygens (including phenoxy) is 3. The van der Waals surface area contributed by atoms with Crippen LogP contribution in [0.3, 0.4) is 0 Å². The van der Waals surface area contributed by atoms with Gasteiger partial charge in [-0.05, 0) is 39.8 Å². The van der Waals surface area contributed by atoms with Gasteiger partial charge >= 0.3 is 5.97 Å². The van der Waals surface area contributed by atoms with Crippen LogP contribution in [-0.2, 0) is 14.2 Å². The van der Waals surface area contributed by atoms with Gasteiger partial charge in [-0.15, -0.1) is 0 Å². The Balaban J connectivity index is 2.19. The quantitative estimate of drug-likeness (QED) is 0.770. The number of rotatable bonds is 2. The summed E-state index contributed by atoms with van der Waals surface area (Å²) in [5, 5.41) is 0. The Morgan fingerprint density at radius 2 is 1.53 bits per heavy atom. The molecule has 2 rings (SSSR count). The number of methoxy groups -OCH3 is 1. The first-order valence-electron chi connectivity index (χ1n) is 6.31. The van der Waals surface area contributed by atoms with Crippen LogP contribution in [0, 0.1) is 0 Å². The van der Waals surface area contributed by atoms with Crippen LogP contribution in [0.5, 0.6) is 0 Å². The Labute approximate surface area is 113 Å². The van der Waals surface area contributed by atoms with E-state index >= 15 is 0 Å². The number of hydrogen-bond acceptors (Lipinski definition) is 4. The third kappa shape index (κ3) is 2.51. The third-order valence-corrected chi connectivity index (χ3v) is 3.86. The monoisotopic (exact) mass is 264 g/mol. The molecule has 0 N–H and O–H groups in total. The van der Waals surface area contributed by atoms with E-state index in [1.54, 1.807) is 12.1 Å². The van der Waals surface area contributed by atoms with E-state index in [0.29, 0.717) is 5.56 Å². The molecule has 1 fully saturated rings. The summed E-state index contributed by atoms with van der Waals surface area (Å²) >= 11 is 0. The molecule has 0 unspecified atom stereocenters. The molecule has 0 amide bonds. The lowest BCUT2D eigenvalue weighted by atomic mass is 9.90. The highest BCUT2D eigenvalue weighted by Gasteiger charge is 2.49. The average Bonchev–Trinajstić information content (AvgIpc) is 2.58. The normalized spacial score (nSPS) is 21.3. The fourth-order valence-corrected chi connectivity index (χ4v) is 1.87. The van der Waals surface area contributed by atoms with Gasteiger partial charge < -0.3 is 14.2 Å². The van der Waals surface area contributed by atoms with Crippen molar-refractivity contribution in [3.8, 4) is 0 Å². The van der Waals surface area contributed by atoms with Crippen LogP contribution in [0.2, 0.25) is 0 Å². The third-order valence-electron chi connectivity index (χ3n) is 3.86. The maximum Gasteiger partial charge on any atom is 0.337 e. The van der Waals surface area contributed by atoms with E-state index in [4.69, 9.17) is 9.47 Å². The highest BCUT2D eigenvalue weighted by molar-refractivity contribution is 5.89. The fraction of sp³-hybridized carbons (Fsp3) is 0.533. The van der Waals surface area contributed by atoms with Gasteiger partial charge in [-0.2, -0.15) is 0 Å². The second kappa shape index (κ2) is 4.62. The van der Waals surface area contributed by atoms with Crippen LogP contribution >= 0.6 is 0 Å². The standard InChI is InChI=1S/C15H20O4/c1-14(2)15(3,4)19-13(18-14)11-8-6-10(7-9-11)12(16)17-5/h6-9,13H,1-5H3. The highest BCUT2D eigenvalue weighted by atomic mass is 16.7. The predicted molar refractivity (Wildman–Crippen MR) is 70.9 cm³/mol. The summed E-state index contributed by atoms with van der Waals surface area (Å²) < 4.78 is 16.5. The van der Waals surface area contributed by atoms with Crippen molar-refractivity contribution in [1.82, 2.24) is 0 Å². The zero-order valence-corrected chi connectivity index (χ0v) is 12.0. The molecule has 0 aromatic heterocycles. The van der Waals surface area contributed by atoms with E-state index in [-0.39, 0.29) is 17.2 Å². The molecule has 1 aromatic carbocycles. The predicted octanol–water partition coefficient (Wildman–Crippen LogP) is 3.08. The Hall–Kier alpha value is -1.39. The van der Waals surface area contributed by atoms with Crippen LogP contribution in [0.1, 0.15) is 49.9 Å². The summed E-state index contributed by atoms with van der Waals surface area (Å²) in [7, 11) is 1.37. The highest BCUT2D eigenvalue weighted by Crippen LogP contribution is 2.44. The van der Waals surface area contributed by atoms with E-state index < -0.39 is 6.29 Å². The van der Waals surface area contributed by atoms with Crippen LogP contribution < -0.4 is 0 Å². The molecule has 1 saturated heterocycles. The first-order valence-corrected chi connectivity index (χ1v) is 6.31. The smallest absolute Gasteiger partial charge is 0.337 e. The number of hydrogen-bond donors (Lipinski definition) is 0. The number of carbonyl (C=O) groups excluding carboxylic acids is 1. The van der Waals surface area contributed by atoms with Gasteiger partial charge in [0.2, 0.25) is 0 Å². The van der Waals surface area contributed by atoms with Crippen molar-refractivity contribution < 1.29 is 19.0 Å². The Morgan fingerprint density at radius 3 is 1.95 bits per heavy atom. The van der Waals surface area contributed by atoms with E-state index in [1.165, 1.54) is 7.11 Å². The first kappa shape index (κ1) is 14.0. The summed E-state index contributed by atoms with van der Waals surface area (Å²) in [5.74, 6) is -0.347. The fourth-order valence-electron chi connectivity index (χ4n) is 1.87. The molecular formula is C15H20O4. The molecule has 0 spiro atoms. The molecule has 1 aliphatic rings. The zero-order valence-electron chi connectivity index (χ0n) is 12.0. The Bertz CT molecular complexity index is 457. The topological polar surface area (TPSA) is 44.8 Å². The van der Waals surface area contributed by atoms with Gasteiger partial charge in [-0.3, -0.25) is 0 Å². The maximum absolute atomic E-state index is 11.4. The first-order chi connectivity index (χ1) is 8.77. The van der Waals surface area contributed by atoms with Gasteiger partial charge in [0, 0.05) is 5.56 Å². The molecule has 4 heteroatoms. The molecule has 19 heavy (non-hydrogen) atoms. The Morgan fingerprint density at radius 1 is 1.05 bits per heavy atom. The van der Waals surface area contributed by atoms with Crippen molar-refractivity contribution in [2.45, 2.75) is 45.2 Å². The van der Waals surface area contributed by atoms with E-state index in [0.717, 1.165) is 5.56 Å². The minimum Gasteiger partial charge on any atom is -0.465 e. The maximum atomic E-state index is 11.4. The lowest BCUT2D eigenvalue weighted by Gasteiger charge is -2.30. The van der Waals surface area contributed by atoms with Crippen molar-refractivity contribution in [3.63, 3.8) is 0 Å². The van der Waals surface area contributed by atoms with Gasteiger partial charge in [-0.25, -0.2) is 4.79 Å². The zero-order chi connectivity index (χ0) is 14.3. The number of esters is 1. The Kier molecular flexibility index (Phi) is 3.41. The number of benzene rings is 1. The molecule has 1 heterocycles. The molecule has 1 aliphatic heterocycles. The van der Waals surface area contributed by atoms with E-state index in [2.05, 4.69) is 4.74 Å². The minimum absolute atomic E-state index is 0.347.